The van der Waals surface area contributed by atoms with E-state index < -0.39 is 0 Å². The predicted molar refractivity (Wildman–Crippen MR) is 93.4 cm³/mol. The number of rotatable bonds is 6. The van der Waals surface area contributed by atoms with Gasteiger partial charge in [-0.2, -0.15) is 10.2 Å². The number of aromatic nitrogens is 2. The second-order valence-corrected chi connectivity index (χ2v) is 5.87. The number of amides is 1. The summed E-state index contributed by atoms with van der Waals surface area (Å²) in [6, 6.07) is 6.65. The molecule has 7 heteroatoms. The van der Waals surface area contributed by atoms with E-state index >= 15 is 0 Å². The summed E-state index contributed by atoms with van der Waals surface area (Å²) in [7, 11) is 0. The molecule has 0 atom stereocenters. The number of hydrogen-bond acceptors (Lipinski definition) is 3. The Morgan fingerprint density at radius 1 is 1.43 bits per heavy atom. The van der Waals surface area contributed by atoms with Crippen LogP contribution >= 0.6 is 23.2 Å². The van der Waals surface area contributed by atoms with Gasteiger partial charge in [0.15, 0.2) is 0 Å². The number of unbranched alkanes of at least 4 members (excludes halogenated alkanes) is 1. The Morgan fingerprint density at radius 2 is 2.22 bits per heavy atom. The lowest BCUT2D eigenvalue weighted by atomic mass is 10.2. The number of hydrogen-bond donors (Lipinski definition) is 1. The maximum atomic E-state index is 12.0. The number of nitrogens with zero attached hydrogens (tertiary/aromatic N) is 3. The average molecular weight is 353 g/mol. The molecule has 0 saturated carbocycles. The monoisotopic (exact) mass is 352 g/mol. The first-order valence-electron chi connectivity index (χ1n) is 7.34. The minimum Gasteiger partial charge on any atom is -0.267 e. The van der Waals surface area contributed by atoms with Crippen molar-refractivity contribution in [3.63, 3.8) is 0 Å². The van der Waals surface area contributed by atoms with Crippen LogP contribution in [0.4, 0.5) is 0 Å². The zero-order valence-corrected chi connectivity index (χ0v) is 14.5. The van der Waals surface area contributed by atoms with E-state index in [2.05, 4.69) is 22.5 Å². The maximum absolute atomic E-state index is 12.0. The van der Waals surface area contributed by atoms with E-state index in [0.717, 1.165) is 25.1 Å². The number of halogens is 2. The smallest absolute Gasteiger partial charge is 0.267 e. The molecule has 2 aromatic rings. The first-order chi connectivity index (χ1) is 11.0. The second kappa shape index (κ2) is 8.13. The van der Waals surface area contributed by atoms with Crippen molar-refractivity contribution < 1.29 is 4.79 Å². The third kappa shape index (κ3) is 4.56. The second-order valence-electron chi connectivity index (χ2n) is 5.08. The van der Waals surface area contributed by atoms with Crippen molar-refractivity contribution in [2.45, 2.75) is 33.2 Å². The highest BCUT2D eigenvalue weighted by Gasteiger charge is 2.11. The number of hydrazone groups is 1. The largest absolute Gasteiger partial charge is 0.271 e. The standard InChI is InChI=1S/C16H18Cl2N4O/c1-3-4-8-22-15(18)14(11(2)21-22)10-19-20-16(23)12-6-5-7-13(17)9-12/h5-7,9-10H,3-4,8H2,1-2H3,(H,20,23)/b19-10-. The van der Waals surface area contributed by atoms with Crippen LogP contribution in [-0.4, -0.2) is 21.9 Å². The molecule has 0 spiro atoms. The Morgan fingerprint density at radius 3 is 2.91 bits per heavy atom. The molecule has 0 aliphatic heterocycles. The molecular weight excluding hydrogens is 335 g/mol. The Bertz CT molecular complexity index is 725. The fourth-order valence-electron chi connectivity index (χ4n) is 2.02. The van der Waals surface area contributed by atoms with Crippen molar-refractivity contribution in [2.75, 3.05) is 0 Å². The first-order valence-corrected chi connectivity index (χ1v) is 8.10. The van der Waals surface area contributed by atoms with Crippen LogP contribution in [0, 0.1) is 6.92 Å². The SMILES string of the molecule is CCCCn1nc(C)c(/C=N\NC(=O)c2cccc(Cl)c2)c1Cl. The molecule has 1 aromatic heterocycles. The fourth-order valence-corrected chi connectivity index (χ4v) is 2.52. The van der Waals surface area contributed by atoms with Crippen LogP contribution in [0.25, 0.3) is 0 Å². The Hall–Kier alpha value is -1.85. The lowest BCUT2D eigenvalue weighted by Gasteiger charge is -2.01. The molecular formula is C16H18Cl2N4O. The Balaban J connectivity index is 2.06. The van der Waals surface area contributed by atoms with Crippen molar-refractivity contribution in [1.29, 1.82) is 0 Å². The molecule has 23 heavy (non-hydrogen) atoms. The molecule has 0 aliphatic rings. The van der Waals surface area contributed by atoms with Gasteiger partial charge in [-0.15, -0.1) is 0 Å². The molecule has 5 nitrogen and oxygen atoms in total. The number of carbonyl (C=O) groups excluding carboxylic acids is 1. The summed E-state index contributed by atoms with van der Waals surface area (Å²) < 4.78 is 1.75. The molecule has 1 N–H and O–H groups in total. The number of nitrogens with one attached hydrogen (secondary N) is 1. The summed E-state index contributed by atoms with van der Waals surface area (Å²) in [6.07, 6.45) is 3.58. The molecule has 0 aliphatic carbocycles. The van der Waals surface area contributed by atoms with E-state index in [1.54, 1.807) is 28.9 Å². The highest BCUT2D eigenvalue weighted by molar-refractivity contribution is 6.32. The maximum Gasteiger partial charge on any atom is 0.271 e. The van der Waals surface area contributed by atoms with E-state index in [9.17, 15) is 4.79 Å². The molecule has 122 valence electrons. The fraction of sp³-hybridized carbons (Fsp3) is 0.312. The summed E-state index contributed by atoms with van der Waals surface area (Å²) in [5, 5.41) is 9.36. The van der Waals surface area contributed by atoms with Crippen molar-refractivity contribution in [3.05, 3.63) is 51.3 Å². The molecule has 0 unspecified atom stereocenters. The summed E-state index contributed by atoms with van der Waals surface area (Å²) >= 11 is 12.2. The van der Waals surface area contributed by atoms with Gasteiger partial charge in [0.05, 0.1) is 17.5 Å². The van der Waals surface area contributed by atoms with Crippen LogP contribution in [0.15, 0.2) is 29.4 Å². The molecule has 0 saturated heterocycles. The van der Waals surface area contributed by atoms with Crippen molar-refractivity contribution in [3.8, 4) is 0 Å². The van der Waals surface area contributed by atoms with Gasteiger partial charge < -0.3 is 0 Å². The van der Waals surface area contributed by atoms with Gasteiger partial charge in [0.25, 0.3) is 5.91 Å². The average Bonchev–Trinajstić information content (AvgIpc) is 2.80. The number of carbonyl (C=O) groups is 1. The first kappa shape index (κ1) is 17.5. The predicted octanol–water partition coefficient (Wildman–Crippen LogP) is 4.06. The van der Waals surface area contributed by atoms with Gasteiger partial charge in [-0.05, 0) is 31.5 Å². The molecule has 0 bridgehead atoms. The van der Waals surface area contributed by atoms with Crippen LogP contribution in [0.5, 0.6) is 0 Å². The van der Waals surface area contributed by atoms with Crippen molar-refractivity contribution in [2.24, 2.45) is 5.10 Å². The van der Waals surface area contributed by atoms with Crippen molar-refractivity contribution in [1.82, 2.24) is 15.2 Å². The number of benzene rings is 1. The van der Waals surface area contributed by atoms with Crippen LogP contribution in [-0.2, 0) is 6.54 Å². The number of aryl methyl sites for hydroxylation is 2. The molecule has 1 heterocycles. The van der Waals surface area contributed by atoms with Gasteiger partial charge in [0.2, 0.25) is 0 Å². The van der Waals surface area contributed by atoms with E-state index in [-0.39, 0.29) is 5.91 Å². The Labute approximate surface area is 145 Å². The minimum atomic E-state index is -0.337. The van der Waals surface area contributed by atoms with E-state index in [1.165, 1.54) is 6.21 Å². The minimum absolute atomic E-state index is 0.337. The van der Waals surface area contributed by atoms with Gasteiger partial charge in [-0.25, -0.2) is 5.43 Å². The van der Waals surface area contributed by atoms with Gasteiger partial charge in [-0.3, -0.25) is 9.48 Å². The third-order valence-corrected chi connectivity index (χ3v) is 3.91. The molecule has 1 amide bonds. The molecule has 2 rings (SSSR count). The Kier molecular flexibility index (Phi) is 6.19. The van der Waals surface area contributed by atoms with Crippen LogP contribution in [0.1, 0.15) is 41.4 Å². The van der Waals surface area contributed by atoms with Crippen LogP contribution in [0.2, 0.25) is 10.2 Å². The lowest BCUT2D eigenvalue weighted by molar-refractivity contribution is 0.0955. The van der Waals surface area contributed by atoms with Crippen LogP contribution in [0.3, 0.4) is 0 Å². The molecule has 1 aromatic carbocycles. The van der Waals surface area contributed by atoms with Gasteiger partial charge in [0.1, 0.15) is 5.15 Å². The van der Waals surface area contributed by atoms with Gasteiger partial charge in [-0.1, -0.05) is 42.6 Å². The summed E-state index contributed by atoms with van der Waals surface area (Å²) in [6.45, 7) is 4.73. The normalized spacial score (nSPS) is 11.1. The zero-order valence-electron chi connectivity index (χ0n) is 13.0. The van der Waals surface area contributed by atoms with E-state index in [4.69, 9.17) is 23.2 Å². The van der Waals surface area contributed by atoms with Crippen LogP contribution < -0.4 is 5.43 Å². The lowest BCUT2D eigenvalue weighted by Crippen LogP contribution is -2.17. The summed E-state index contributed by atoms with van der Waals surface area (Å²) in [5.41, 5.74) is 4.37. The van der Waals surface area contributed by atoms with Crippen molar-refractivity contribution >= 4 is 35.3 Å². The third-order valence-electron chi connectivity index (χ3n) is 3.28. The topological polar surface area (TPSA) is 59.3 Å². The van der Waals surface area contributed by atoms with Gasteiger partial charge >= 0.3 is 0 Å². The molecule has 0 radical (unpaired) electrons. The van der Waals surface area contributed by atoms with Gasteiger partial charge in [0, 0.05) is 17.1 Å². The quantitative estimate of drug-likeness (QED) is 0.629. The molecule has 0 fully saturated rings. The van der Waals surface area contributed by atoms with E-state index in [0.29, 0.717) is 21.3 Å². The summed E-state index contributed by atoms with van der Waals surface area (Å²) in [5.74, 6) is -0.337. The highest BCUT2D eigenvalue weighted by atomic mass is 35.5. The zero-order chi connectivity index (χ0) is 16.8. The van der Waals surface area contributed by atoms with E-state index in [1.807, 2.05) is 6.92 Å². The highest BCUT2D eigenvalue weighted by Crippen LogP contribution is 2.18. The summed E-state index contributed by atoms with van der Waals surface area (Å²) in [4.78, 5) is 12.0.